The third-order valence-electron chi connectivity index (χ3n) is 3.87. The predicted octanol–water partition coefficient (Wildman–Crippen LogP) is 3.12. The quantitative estimate of drug-likeness (QED) is 0.942. The minimum Gasteiger partial charge on any atom is -0.493 e. The summed E-state index contributed by atoms with van der Waals surface area (Å²) in [7, 11) is 3.37. The van der Waals surface area contributed by atoms with Gasteiger partial charge in [0.25, 0.3) is 0 Å². The van der Waals surface area contributed by atoms with Gasteiger partial charge in [0, 0.05) is 11.9 Å². The molecule has 1 aromatic carbocycles. The van der Waals surface area contributed by atoms with Crippen molar-refractivity contribution in [2.24, 2.45) is 0 Å². The Morgan fingerprint density at radius 3 is 2.65 bits per heavy atom. The van der Waals surface area contributed by atoms with Crippen molar-refractivity contribution in [2.75, 3.05) is 14.2 Å². The maximum absolute atomic E-state index is 5.40. The van der Waals surface area contributed by atoms with Crippen LogP contribution < -0.4 is 9.47 Å². The molecule has 0 saturated heterocycles. The summed E-state index contributed by atoms with van der Waals surface area (Å²) in [6, 6.07) is 4.24. The van der Waals surface area contributed by atoms with E-state index in [1.165, 1.54) is 23.2 Å². The second-order valence-corrected chi connectivity index (χ2v) is 4.92. The van der Waals surface area contributed by atoms with Crippen LogP contribution in [0.5, 0.6) is 11.5 Å². The third kappa shape index (κ3) is 2.61. The molecule has 0 aliphatic heterocycles. The number of aryl methyl sites for hydroxylation is 1. The molecule has 2 aromatic rings. The van der Waals surface area contributed by atoms with Crippen LogP contribution in [0.15, 0.2) is 24.7 Å². The van der Waals surface area contributed by atoms with E-state index in [1.54, 1.807) is 20.5 Å². The summed E-state index contributed by atoms with van der Waals surface area (Å²) >= 11 is 0. The monoisotopic (exact) mass is 294 g/mol. The minimum absolute atomic E-state index is 0. The molecular formula is C15H19ClN2O2. The SMILES string of the molecule is COc1cc2c(cc1OC)C(Cc1cnc[nH]1)CC2.Cl. The Balaban J connectivity index is 0.00000147. The Hall–Kier alpha value is -1.68. The molecule has 1 heterocycles. The Morgan fingerprint density at radius 1 is 1.25 bits per heavy atom. The van der Waals surface area contributed by atoms with Crippen molar-refractivity contribution < 1.29 is 9.47 Å². The number of aromatic nitrogens is 2. The number of nitrogens with zero attached hydrogens (tertiary/aromatic N) is 1. The van der Waals surface area contributed by atoms with Gasteiger partial charge >= 0.3 is 0 Å². The molecule has 0 saturated carbocycles. The molecule has 1 unspecified atom stereocenters. The Labute approximate surface area is 124 Å². The van der Waals surface area contributed by atoms with E-state index < -0.39 is 0 Å². The Kier molecular flexibility index (Phi) is 4.55. The van der Waals surface area contributed by atoms with E-state index in [2.05, 4.69) is 22.1 Å². The van der Waals surface area contributed by atoms with E-state index in [9.17, 15) is 0 Å². The van der Waals surface area contributed by atoms with Crippen molar-refractivity contribution in [3.05, 3.63) is 41.5 Å². The number of aromatic amines is 1. The van der Waals surface area contributed by atoms with Crippen LogP contribution in [0.3, 0.4) is 0 Å². The zero-order valence-electron chi connectivity index (χ0n) is 11.7. The van der Waals surface area contributed by atoms with E-state index in [0.717, 1.165) is 24.3 Å². The molecule has 20 heavy (non-hydrogen) atoms. The van der Waals surface area contributed by atoms with E-state index in [4.69, 9.17) is 9.47 Å². The van der Waals surface area contributed by atoms with Crippen LogP contribution in [0.2, 0.25) is 0 Å². The third-order valence-corrected chi connectivity index (χ3v) is 3.87. The summed E-state index contributed by atoms with van der Waals surface area (Å²) in [5.41, 5.74) is 3.95. The maximum atomic E-state index is 5.40. The van der Waals surface area contributed by atoms with Gasteiger partial charge in [-0.2, -0.15) is 0 Å². The summed E-state index contributed by atoms with van der Waals surface area (Å²) in [6.45, 7) is 0. The number of H-pyrrole nitrogens is 1. The topological polar surface area (TPSA) is 47.1 Å². The van der Waals surface area contributed by atoms with Gasteiger partial charge in [0.2, 0.25) is 0 Å². The maximum Gasteiger partial charge on any atom is 0.161 e. The average molecular weight is 295 g/mol. The fourth-order valence-corrected chi connectivity index (χ4v) is 2.89. The number of methoxy groups -OCH3 is 2. The van der Waals surface area contributed by atoms with Crippen LogP contribution in [-0.2, 0) is 12.8 Å². The number of fused-ring (bicyclic) bond motifs is 1. The first-order valence-electron chi connectivity index (χ1n) is 6.54. The standard InChI is InChI=1S/C15H18N2O2.ClH/c1-18-14-6-11-4-3-10(5-12-8-16-9-17-12)13(11)7-15(14)19-2;/h6-10H,3-5H2,1-2H3,(H,16,17);1H. The second kappa shape index (κ2) is 6.18. The molecule has 0 spiro atoms. The number of imidazole rings is 1. The molecule has 1 atom stereocenters. The number of hydrogen-bond acceptors (Lipinski definition) is 3. The number of halogens is 1. The second-order valence-electron chi connectivity index (χ2n) is 4.92. The van der Waals surface area contributed by atoms with E-state index >= 15 is 0 Å². The van der Waals surface area contributed by atoms with Crippen LogP contribution in [0, 0.1) is 0 Å². The van der Waals surface area contributed by atoms with Crippen molar-refractivity contribution >= 4 is 12.4 Å². The summed E-state index contributed by atoms with van der Waals surface area (Å²) in [5.74, 6) is 2.18. The van der Waals surface area contributed by atoms with Crippen molar-refractivity contribution in [2.45, 2.75) is 25.2 Å². The zero-order valence-corrected chi connectivity index (χ0v) is 12.5. The highest BCUT2D eigenvalue weighted by atomic mass is 35.5. The van der Waals surface area contributed by atoms with Gasteiger partial charge in [0.05, 0.1) is 20.5 Å². The van der Waals surface area contributed by atoms with Crippen molar-refractivity contribution in [3.63, 3.8) is 0 Å². The summed E-state index contributed by atoms with van der Waals surface area (Å²) in [4.78, 5) is 7.26. The molecule has 1 aromatic heterocycles. The molecule has 1 aliphatic rings. The fraction of sp³-hybridized carbons (Fsp3) is 0.400. The fourth-order valence-electron chi connectivity index (χ4n) is 2.89. The number of benzene rings is 1. The average Bonchev–Trinajstić information content (AvgIpc) is 3.08. The first-order chi connectivity index (χ1) is 9.31. The smallest absolute Gasteiger partial charge is 0.161 e. The van der Waals surface area contributed by atoms with Gasteiger partial charge in [-0.1, -0.05) is 0 Å². The lowest BCUT2D eigenvalue weighted by molar-refractivity contribution is 0.354. The molecule has 5 heteroatoms. The molecule has 3 rings (SSSR count). The molecule has 1 aliphatic carbocycles. The van der Waals surface area contributed by atoms with Gasteiger partial charge in [-0.3, -0.25) is 0 Å². The first kappa shape index (κ1) is 14.7. The molecule has 108 valence electrons. The van der Waals surface area contributed by atoms with Gasteiger partial charge in [0.1, 0.15) is 0 Å². The van der Waals surface area contributed by atoms with Crippen LogP contribution in [0.1, 0.15) is 29.2 Å². The minimum atomic E-state index is 0. The summed E-state index contributed by atoms with van der Waals surface area (Å²) < 4.78 is 10.8. The molecule has 0 fully saturated rings. The highest BCUT2D eigenvalue weighted by Gasteiger charge is 2.25. The van der Waals surface area contributed by atoms with E-state index in [1.807, 2.05) is 6.20 Å². The zero-order chi connectivity index (χ0) is 13.2. The summed E-state index contributed by atoms with van der Waals surface area (Å²) in [6.07, 6.45) is 6.92. The Bertz CT molecular complexity index is 570. The molecular weight excluding hydrogens is 276 g/mol. The molecule has 0 amide bonds. The normalized spacial score (nSPS) is 16.4. The lowest BCUT2D eigenvalue weighted by Crippen LogP contribution is -2.00. The van der Waals surface area contributed by atoms with Gasteiger partial charge in [-0.05, 0) is 48.4 Å². The lowest BCUT2D eigenvalue weighted by Gasteiger charge is -2.14. The number of rotatable bonds is 4. The van der Waals surface area contributed by atoms with Crippen LogP contribution in [0.25, 0.3) is 0 Å². The largest absolute Gasteiger partial charge is 0.493 e. The highest BCUT2D eigenvalue weighted by Crippen LogP contribution is 2.41. The van der Waals surface area contributed by atoms with Crippen molar-refractivity contribution in [1.29, 1.82) is 0 Å². The predicted molar refractivity (Wildman–Crippen MR) is 80.1 cm³/mol. The van der Waals surface area contributed by atoms with E-state index in [-0.39, 0.29) is 12.4 Å². The van der Waals surface area contributed by atoms with E-state index in [0.29, 0.717) is 5.92 Å². The number of hydrogen-bond donors (Lipinski definition) is 1. The van der Waals surface area contributed by atoms with Crippen molar-refractivity contribution in [3.8, 4) is 11.5 Å². The molecule has 1 N–H and O–H groups in total. The van der Waals surface area contributed by atoms with Crippen LogP contribution >= 0.6 is 12.4 Å². The number of nitrogens with one attached hydrogen (secondary N) is 1. The Morgan fingerprint density at radius 2 is 2.00 bits per heavy atom. The van der Waals surface area contributed by atoms with Crippen LogP contribution in [-0.4, -0.2) is 24.2 Å². The lowest BCUT2D eigenvalue weighted by atomic mass is 9.96. The first-order valence-corrected chi connectivity index (χ1v) is 6.54. The van der Waals surface area contributed by atoms with Crippen molar-refractivity contribution in [1.82, 2.24) is 9.97 Å². The number of ether oxygens (including phenoxy) is 2. The van der Waals surface area contributed by atoms with Gasteiger partial charge in [-0.25, -0.2) is 4.98 Å². The van der Waals surface area contributed by atoms with Crippen LogP contribution in [0.4, 0.5) is 0 Å². The molecule has 4 nitrogen and oxygen atoms in total. The molecule has 0 radical (unpaired) electrons. The highest BCUT2D eigenvalue weighted by molar-refractivity contribution is 5.85. The molecule has 0 bridgehead atoms. The van der Waals surface area contributed by atoms with Gasteiger partial charge in [0.15, 0.2) is 11.5 Å². The summed E-state index contributed by atoms with van der Waals surface area (Å²) in [5, 5.41) is 0. The van der Waals surface area contributed by atoms with Gasteiger partial charge < -0.3 is 14.5 Å². The van der Waals surface area contributed by atoms with Gasteiger partial charge in [-0.15, -0.1) is 12.4 Å².